The lowest BCUT2D eigenvalue weighted by molar-refractivity contribution is -0.0225. The lowest BCUT2D eigenvalue weighted by Gasteiger charge is -2.19. The molecule has 1 aromatic heterocycles. The van der Waals surface area contributed by atoms with Crippen LogP contribution in [-0.4, -0.2) is 50.8 Å². The summed E-state index contributed by atoms with van der Waals surface area (Å²) in [5, 5.41) is 25.3. The fourth-order valence-electron chi connectivity index (χ4n) is 4.30. The van der Waals surface area contributed by atoms with Crippen LogP contribution in [0.4, 0.5) is 11.8 Å². The number of hydrogen-bond acceptors (Lipinski definition) is 7. The van der Waals surface area contributed by atoms with Gasteiger partial charge in [0.15, 0.2) is 0 Å². The highest BCUT2D eigenvalue weighted by Gasteiger charge is 2.36. The van der Waals surface area contributed by atoms with Gasteiger partial charge in [-0.15, -0.1) is 0 Å². The first-order valence-corrected chi connectivity index (χ1v) is 13.3. The van der Waals surface area contributed by atoms with E-state index >= 15 is 0 Å². The van der Waals surface area contributed by atoms with Gasteiger partial charge in [0, 0.05) is 30.7 Å². The third-order valence-corrected chi connectivity index (χ3v) is 6.86. The third-order valence-electron chi connectivity index (χ3n) is 6.86. The molecule has 2 amide bonds. The predicted octanol–water partition coefficient (Wildman–Crippen LogP) is 4.76. The Morgan fingerprint density at radius 1 is 0.925 bits per heavy atom. The summed E-state index contributed by atoms with van der Waals surface area (Å²) in [6.07, 6.45) is -3.03. The molecule has 0 radical (unpaired) electrons. The molecule has 212 valence electrons. The number of carbonyl (C=O) groups excluding carboxylic acids is 2. The SMILES string of the molecule is [3H]C1[C@H](c2cnc(NC(=O)c3ccc(C(C)(C)C)cc3)nc2NC(=O)c2ccc(C(C)(C)C)cc2)O[C@H](CO)[C@H]1O. The quantitative estimate of drug-likeness (QED) is 0.349. The van der Waals surface area contributed by atoms with Gasteiger partial charge in [0.2, 0.25) is 5.95 Å². The molecule has 4 atom stereocenters. The van der Waals surface area contributed by atoms with E-state index in [1.807, 2.05) is 24.3 Å². The number of hydrogen-bond donors (Lipinski definition) is 4. The van der Waals surface area contributed by atoms with Crippen molar-refractivity contribution in [1.29, 1.82) is 0 Å². The van der Waals surface area contributed by atoms with E-state index in [0.29, 0.717) is 11.1 Å². The Morgan fingerprint density at radius 3 is 1.88 bits per heavy atom. The fraction of sp³-hybridized carbons (Fsp3) is 0.419. The zero-order valence-electron chi connectivity index (χ0n) is 24.7. The topological polar surface area (TPSA) is 134 Å². The minimum absolute atomic E-state index is 0.0244. The van der Waals surface area contributed by atoms with E-state index in [1.165, 1.54) is 6.20 Å². The fourth-order valence-corrected chi connectivity index (χ4v) is 4.30. The molecule has 1 saturated heterocycles. The lowest BCUT2D eigenvalue weighted by atomic mass is 9.86. The molecule has 1 aliphatic rings. The monoisotopic (exact) mass is 548 g/mol. The third kappa shape index (κ3) is 6.72. The minimum atomic E-state index is -1.24. The molecular formula is C31H38N4O5. The van der Waals surface area contributed by atoms with Crippen molar-refractivity contribution in [2.45, 2.75) is 77.1 Å². The predicted molar refractivity (Wildman–Crippen MR) is 154 cm³/mol. The number of carbonyl (C=O) groups is 2. The van der Waals surface area contributed by atoms with E-state index in [9.17, 15) is 19.8 Å². The number of nitrogens with zero attached hydrogens (tertiary/aromatic N) is 2. The summed E-state index contributed by atoms with van der Waals surface area (Å²) in [6, 6.07) is 14.4. The van der Waals surface area contributed by atoms with Gasteiger partial charge < -0.3 is 20.3 Å². The highest BCUT2D eigenvalue weighted by molar-refractivity contribution is 6.05. The van der Waals surface area contributed by atoms with Crippen molar-refractivity contribution in [3.8, 4) is 0 Å². The summed E-state index contributed by atoms with van der Waals surface area (Å²) in [5.41, 5.74) is 3.05. The largest absolute Gasteiger partial charge is 0.394 e. The Bertz CT molecular complexity index is 1400. The van der Waals surface area contributed by atoms with Crippen molar-refractivity contribution in [2.75, 3.05) is 17.2 Å². The van der Waals surface area contributed by atoms with Gasteiger partial charge in [-0.3, -0.25) is 14.9 Å². The van der Waals surface area contributed by atoms with Gasteiger partial charge in [0.05, 0.1) is 18.8 Å². The van der Waals surface area contributed by atoms with Crippen LogP contribution in [0.3, 0.4) is 0 Å². The van der Waals surface area contributed by atoms with Crippen LogP contribution in [0.5, 0.6) is 0 Å². The molecule has 9 nitrogen and oxygen atoms in total. The number of rotatable bonds is 6. The number of ether oxygens (including phenoxy) is 1. The summed E-state index contributed by atoms with van der Waals surface area (Å²) >= 11 is 0. The van der Waals surface area contributed by atoms with E-state index < -0.39 is 43.1 Å². The Kier molecular flexibility index (Phi) is 7.98. The maximum absolute atomic E-state index is 13.2. The van der Waals surface area contributed by atoms with Gasteiger partial charge in [0.25, 0.3) is 11.8 Å². The van der Waals surface area contributed by atoms with Crippen LogP contribution in [0.25, 0.3) is 0 Å². The average Bonchev–Trinajstić information content (AvgIpc) is 3.21. The van der Waals surface area contributed by atoms with E-state index in [0.717, 1.165) is 11.1 Å². The zero-order chi connectivity index (χ0) is 30.1. The van der Waals surface area contributed by atoms with Crippen molar-refractivity contribution in [1.82, 2.24) is 9.97 Å². The normalized spacial score (nSPS) is 21.6. The summed E-state index contributed by atoms with van der Waals surface area (Å²) < 4.78 is 14.1. The molecule has 3 aromatic rings. The summed E-state index contributed by atoms with van der Waals surface area (Å²) in [5.74, 6) is -0.925. The number of aromatic nitrogens is 2. The maximum atomic E-state index is 13.2. The summed E-state index contributed by atoms with van der Waals surface area (Å²) in [4.78, 5) is 34.8. The Hall–Kier alpha value is -3.66. The van der Waals surface area contributed by atoms with E-state index in [-0.39, 0.29) is 28.2 Å². The average molecular weight is 549 g/mol. The standard InChI is InChI=1S/C31H38N4O5/c1-30(2,3)20-11-7-18(8-12-20)27(38)33-26-22(24-15-23(37)25(17-36)40-24)16-32-29(34-26)35-28(39)19-9-13-21(14-10-19)31(4,5)6/h7-14,16,23-25,36-37H,15,17H2,1-6H3,(H2,32,33,34,35,38,39)/t23-,24+,25+/m0/s1/i15T/t15?,23-,24+,25+. The first kappa shape index (κ1) is 27.9. The Labute approximate surface area is 236 Å². The molecule has 4 rings (SSSR count). The number of amides is 2. The van der Waals surface area contributed by atoms with Crippen molar-refractivity contribution >= 4 is 23.6 Å². The first-order chi connectivity index (χ1) is 19.2. The Balaban J connectivity index is 1.63. The summed E-state index contributed by atoms with van der Waals surface area (Å²) in [6.45, 7) is 12.0. The van der Waals surface area contributed by atoms with Crippen LogP contribution in [-0.2, 0) is 15.6 Å². The minimum Gasteiger partial charge on any atom is -0.394 e. The van der Waals surface area contributed by atoms with Gasteiger partial charge in [-0.1, -0.05) is 65.8 Å². The highest BCUT2D eigenvalue weighted by Crippen LogP contribution is 2.36. The molecule has 40 heavy (non-hydrogen) atoms. The van der Waals surface area contributed by atoms with E-state index in [4.69, 9.17) is 6.11 Å². The molecule has 1 unspecified atom stereocenters. The van der Waals surface area contributed by atoms with Gasteiger partial charge in [-0.2, -0.15) is 4.98 Å². The second-order valence-corrected chi connectivity index (χ2v) is 12.0. The molecule has 4 N–H and O–H groups in total. The van der Waals surface area contributed by atoms with Crippen LogP contribution < -0.4 is 10.6 Å². The maximum Gasteiger partial charge on any atom is 0.258 e. The second kappa shape index (κ2) is 11.4. The number of benzene rings is 2. The van der Waals surface area contributed by atoms with Crippen molar-refractivity contribution < 1.29 is 25.9 Å². The lowest BCUT2D eigenvalue weighted by Crippen LogP contribution is -2.24. The van der Waals surface area contributed by atoms with Gasteiger partial charge in [-0.05, 0) is 46.2 Å². The van der Waals surface area contributed by atoms with Crippen LogP contribution in [0.1, 0.15) is 92.8 Å². The van der Waals surface area contributed by atoms with Crippen LogP contribution in [0.2, 0.25) is 0 Å². The molecule has 0 bridgehead atoms. The molecule has 2 heterocycles. The van der Waals surface area contributed by atoms with Gasteiger partial charge >= 0.3 is 0 Å². The first-order valence-electron chi connectivity index (χ1n) is 13.8. The number of aliphatic hydroxyl groups is 2. The molecule has 1 fully saturated rings. The van der Waals surface area contributed by atoms with Gasteiger partial charge in [0.1, 0.15) is 11.9 Å². The Morgan fingerprint density at radius 2 is 1.43 bits per heavy atom. The smallest absolute Gasteiger partial charge is 0.258 e. The molecular weight excluding hydrogens is 508 g/mol. The van der Waals surface area contributed by atoms with Crippen LogP contribution in [0, 0.1) is 0 Å². The number of aliphatic hydroxyl groups excluding tert-OH is 2. The van der Waals surface area contributed by atoms with Crippen LogP contribution in [0.15, 0.2) is 54.7 Å². The van der Waals surface area contributed by atoms with Gasteiger partial charge in [-0.25, -0.2) is 4.98 Å². The number of anilines is 2. The molecule has 2 aromatic carbocycles. The number of nitrogens with one attached hydrogen (secondary N) is 2. The van der Waals surface area contributed by atoms with E-state index in [2.05, 4.69) is 62.1 Å². The molecule has 0 aliphatic carbocycles. The molecule has 9 heteroatoms. The van der Waals surface area contributed by atoms with Crippen molar-refractivity contribution in [2.24, 2.45) is 0 Å². The van der Waals surface area contributed by atoms with Crippen molar-refractivity contribution in [3.63, 3.8) is 0 Å². The summed E-state index contributed by atoms with van der Waals surface area (Å²) in [7, 11) is 0. The van der Waals surface area contributed by atoms with Crippen LogP contribution >= 0.6 is 0 Å². The molecule has 0 saturated carbocycles. The highest BCUT2D eigenvalue weighted by atomic mass is 16.5. The molecule has 1 aliphatic heterocycles. The molecule has 0 spiro atoms. The van der Waals surface area contributed by atoms with E-state index in [1.54, 1.807) is 24.3 Å². The zero-order valence-corrected chi connectivity index (χ0v) is 23.7. The second-order valence-electron chi connectivity index (χ2n) is 12.0. The van der Waals surface area contributed by atoms with Crippen molar-refractivity contribution in [3.05, 3.63) is 82.5 Å².